The second-order valence-electron chi connectivity index (χ2n) is 7.31. The molecule has 1 aromatic carbocycles. The van der Waals surface area contributed by atoms with Gasteiger partial charge in [-0.1, -0.05) is 0 Å². The molecule has 4 rings (SSSR count). The molecule has 2 aromatic heterocycles. The quantitative estimate of drug-likeness (QED) is 0.517. The number of amides is 1. The molecule has 0 unspecified atom stereocenters. The number of carbonyl (C=O) groups is 2. The van der Waals surface area contributed by atoms with Crippen molar-refractivity contribution in [2.45, 2.75) is 52.7 Å². The molecule has 1 aliphatic rings. The van der Waals surface area contributed by atoms with Crippen LogP contribution in [0, 0.1) is 0 Å². The molecule has 2 heterocycles. The number of fused-ring (bicyclic) bond motifs is 1. The first kappa shape index (κ1) is 21.9. The Hall–Kier alpha value is -3.27. The van der Waals surface area contributed by atoms with Gasteiger partial charge in [0.05, 0.1) is 12.2 Å². The second kappa shape index (κ2) is 9.90. The van der Waals surface area contributed by atoms with Crippen LogP contribution in [0.2, 0.25) is 0 Å². The maximum absolute atomic E-state index is 12.9. The summed E-state index contributed by atoms with van der Waals surface area (Å²) in [5, 5.41) is 14.9. The molecule has 0 spiro atoms. The first-order valence-corrected chi connectivity index (χ1v) is 11.5. The molecule has 0 saturated carbocycles. The molecule has 0 atom stereocenters. The molecule has 0 fully saturated rings. The summed E-state index contributed by atoms with van der Waals surface area (Å²) in [4.78, 5) is 26.6. The van der Waals surface area contributed by atoms with Crippen LogP contribution in [0.3, 0.4) is 0 Å². The van der Waals surface area contributed by atoms with Crippen LogP contribution in [0.5, 0.6) is 5.75 Å². The van der Waals surface area contributed by atoms with E-state index in [0.717, 1.165) is 36.1 Å². The Kier molecular flexibility index (Phi) is 6.79. The Morgan fingerprint density at radius 1 is 1.16 bits per heavy atom. The predicted molar refractivity (Wildman–Crippen MR) is 119 cm³/mol. The van der Waals surface area contributed by atoms with E-state index in [1.165, 1.54) is 11.3 Å². The molecule has 0 aliphatic heterocycles. The lowest BCUT2D eigenvalue weighted by atomic mass is 9.95. The molecule has 1 amide bonds. The highest BCUT2D eigenvalue weighted by Crippen LogP contribution is 2.38. The fraction of sp³-hybridized carbons (Fsp3) is 0.409. The number of hydrogen-bond donors (Lipinski definition) is 1. The van der Waals surface area contributed by atoms with Gasteiger partial charge in [-0.3, -0.25) is 4.79 Å². The van der Waals surface area contributed by atoms with Gasteiger partial charge >= 0.3 is 5.97 Å². The highest BCUT2D eigenvalue weighted by atomic mass is 32.1. The average Bonchev–Trinajstić information content (AvgIpc) is 3.41. The third-order valence-corrected chi connectivity index (χ3v) is 6.48. The van der Waals surface area contributed by atoms with Crippen LogP contribution in [0.25, 0.3) is 0 Å². The third-order valence-electron chi connectivity index (χ3n) is 5.27. The summed E-state index contributed by atoms with van der Waals surface area (Å²) >= 11 is 1.47. The number of esters is 1. The molecular weight excluding hydrogens is 430 g/mol. The maximum Gasteiger partial charge on any atom is 0.341 e. The summed E-state index contributed by atoms with van der Waals surface area (Å²) in [5.41, 5.74) is 2.00. The van der Waals surface area contributed by atoms with Crippen LogP contribution in [-0.2, 0) is 30.7 Å². The van der Waals surface area contributed by atoms with Gasteiger partial charge in [0.2, 0.25) is 0 Å². The number of nitrogens with one attached hydrogen (secondary N) is 1. The standard InChI is InChI=1S/C22H25N5O4S/c1-3-27-18(24-25-26-27)13-31-15-11-9-14(10-12-15)20(28)23-21-19(22(29)30-4-2)16-7-5-6-8-17(16)32-21/h9-12H,3-8,13H2,1-2H3,(H,23,28). The smallest absolute Gasteiger partial charge is 0.341 e. The average molecular weight is 456 g/mol. The summed E-state index contributed by atoms with van der Waals surface area (Å²) in [7, 11) is 0. The van der Waals surface area contributed by atoms with E-state index in [0.29, 0.717) is 40.9 Å². The van der Waals surface area contributed by atoms with Crippen LogP contribution < -0.4 is 10.1 Å². The minimum Gasteiger partial charge on any atom is -0.486 e. The fourth-order valence-electron chi connectivity index (χ4n) is 3.67. The first-order chi connectivity index (χ1) is 15.6. The van der Waals surface area contributed by atoms with Gasteiger partial charge in [-0.25, -0.2) is 9.48 Å². The number of aromatic nitrogens is 4. The van der Waals surface area contributed by atoms with Crippen molar-refractivity contribution in [3.63, 3.8) is 0 Å². The van der Waals surface area contributed by atoms with Crippen molar-refractivity contribution in [1.82, 2.24) is 20.2 Å². The molecule has 0 saturated heterocycles. The highest BCUT2D eigenvalue weighted by Gasteiger charge is 2.27. The van der Waals surface area contributed by atoms with E-state index in [2.05, 4.69) is 20.8 Å². The zero-order chi connectivity index (χ0) is 22.5. The summed E-state index contributed by atoms with van der Waals surface area (Å²) in [6, 6.07) is 6.82. The summed E-state index contributed by atoms with van der Waals surface area (Å²) in [6.45, 7) is 4.91. The third kappa shape index (κ3) is 4.64. The zero-order valence-corrected chi connectivity index (χ0v) is 18.9. The van der Waals surface area contributed by atoms with E-state index in [1.807, 2.05) is 6.92 Å². The number of aryl methyl sites for hydroxylation is 2. The van der Waals surface area contributed by atoms with E-state index in [9.17, 15) is 9.59 Å². The number of nitrogens with zero attached hydrogens (tertiary/aromatic N) is 4. The van der Waals surface area contributed by atoms with Crippen LogP contribution in [-0.4, -0.2) is 38.7 Å². The first-order valence-electron chi connectivity index (χ1n) is 10.7. The largest absolute Gasteiger partial charge is 0.486 e. The Balaban J connectivity index is 1.46. The van der Waals surface area contributed by atoms with Gasteiger partial charge in [-0.15, -0.1) is 16.4 Å². The number of benzene rings is 1. The molecule has 0 bridgehead atoms. The van der Waals surface area contributed by atoms with Crippen molar-refractivity contribution < 1.29 is 19.1 Å². The van der Waals surface area contributed by atoms with Gasteiger partial charge in [-0.05, 0) is 79.8 Å². The van der Waals surface area contributed by atoms with Gasteiger partial charge in [0, 0.05) is 17.0 Å². The molecule has 1 aliphatic carbocycles. The van der Waals surface area contributed by atoms with Crippen molar-refractivity contribution in [3.05, 3.63) is 51.7 Å². The lowest BCUT2D eigenvalue weighted by molar-refractivity contribution is 0.0526. The highest BCUT2D eigenvalue weighted by molar-refractivity contribution is 7.17. The molecule has 168 valence electrons. The molecule has 1 N–H and O–H groups in total. The van der Waals surface area contributed by atoms with E-state index in [-0.39, 0.29) is 18.5 Å². The number of anilines is 1. The maximum atomic E-state index is 12.9. The minimum absolute atomic E-state index is 0.232. The number of rotatable bonds is 8. The number of hydrogen-bond acceptors (Lipinski definition) is 8. The van der Waals surface area contributed by atoms with Gasteiger partial charge in [0.15, 0.2) is 5.82 Å². The Labute approximate surface area is 189 Å². The lowest BCUT2D eigenvalue weighted by Gasteiger charge is -2.12. The molecule has 0 radical (unpaired) electrons. The number of carbonyl (C=O) groups excluding carboxylic acids is 2. The van der Waals surface area contributed by atoms with Crippen LogP contribution in [0.1, 0.15) is 63.7 Å². The van der Waals surface area contributed by atoms with Crippen LogP contribution >= 0.6 is 11.3 Å². The zero-order valence-electron chi connectivity index (χ0n) is 18.1. The van der Waals surface area contributed by atoms with Crippen LogP contribution in [0.4, 0.5) is 5.00 Å². The van der Waals surface area contributed by atoms with Crippen molar-refractivity contribution >= 4 is 28.2 Å². The van der Waals surface area contributed by atoms with Gasteiger partial charge in [0.25, 0.3) is 5.91 Å². The van der Waals surface area contributed by atoms with E-state index in [1.54, 1.807) is 35.9 Å². The predicted octanol–water partition coefficient (Wildman–Crippen LogP) is 3.64. The normalized spacial score (nSPS) is 12.8. The number of tetrazole rings is 1. The van der Waals surface area contributed by atoms with Crippen LogP contribution in [0.15, 0.2) is 24.3 Å². The van der Waals surface area contributed by atoms with E-state index < -0.39 is 0 Å². The summed E-state index contributed by atoms with van der Waals surface area (Å²) in [5.74, 6) is 0.574. The minimum atomic E-state index is -0.375. The summed E-state index contributed by atoms with van der Waals surface area (Å²) < 4.78 is 12.6. The fourth-order valence-corrected chi connectivity index (χ4v) is 4.94. The molecule has 32 heavy (non-hydrogen) atoms. The number of thiophene rings is 1. The van der Waals surface area contributed by atoms with Gasteiger partial charge in [0.1, 0.15) is 17.4 Å². The van der Waals surface area contributed by atoms with Crippen molar-refractivity contribution in [2.24, 2.45) is 0 Å². The molecular formula is C22H25N5O4S. The Bertz CT molecular complexity index is 1110. The van der Waals surface area contributed by atoms with Crippen molar-refractivity contribution in [3.8, 4) is 5.75 Å². The van der Waals surface area contributed by atoms with E-state index in [4.69, 9.17) is 9.47 Å². The Morgan fingerprint density at radius 3 is 2.69 bits per heavy atom. The molecule has 10 heteroatoms. The topological polar surface area (TPSA) is 108 Å². The lowest BCUT2D eigenvalue weighted by Crippen LogP contribution is -2.15. The van der Waals surface area contributed by atoms with E-state index >= 15 is 0 Å². The van der Waals surface area contributed by atoms with Gasteiger partial charge < -0.3 is 14.8 Å². The summed E-state index contributed by atoms with van der Waals surface area (Å²) in [6.07, 6.45) is 3.89. The molecule has 9 nitrogen and oxygen atoms in total. The SMILES string of the molecule is CCOC(=O)c1c(NC(=O)c2ccc(OCc3nnnn3CC)cc2)sc2c1CCCC2. The van der Waals surface area contributed by atoms with Gasteiger partial charge in [-0.2, -0.15) is 0 Å². The monoisotopic (exact) mass is 455 g/mol. The Morgan fingerprint density at radius 2 is 1.94 bits per heavy atom. The second-order valence-corrected chi connectivity index (χ2v) is 8.42. The van der Waals surface area contributed by atoms with Crippen molar-refractivity contribution in [1.29, 1.82) is 0 Å². The number of ether oxygens (including phenoxy) is 2. The molecule has 3 aromatic rings. The van der Waals surface area contributed by atoms with Crippen molar-refractivity contribution in [2.75, 3.05) is 11.9 Å².